The summed E-state index contributed by atoms with van der Waals surface area (Å²) in [5, 5.41) is 9.07. The molecule has 1 heterocycles. The van der Waals surface area contributed by atoms with Crippen molar-refractivity contribution < 1.29 is 0 Å². The van der Waals surface area contributed by atoms with Gasteiger partial charge in [0.1, 0.15) is 17.6 Å². The maximum absolute atomic E-state index is 9.07. The van der Waals surface area contributed by atoms with E-state index in [0.717, 1.165) is 16.9 Å². The number of hydrogen-bond acceptors (Lipinski definition) is 4. The second-order valence-corrected chi connectivity index (χ2v) is 4.76. The minimum atomic E-state index is 0.383. The summed E-state index contributed by atoms with van der Waals surface area (Å²) in [4.78, 5) is 10.7. The van der Waals surface area contributed by atoms with Crippen LogP contribution in [-0.2, 0) is 0 Å². The molecule has 0 saturated heterocycles. The van der Waals surface area contributed by atoms with Gasteiger partial charge in [0.25, 0.3) is 0 Å². The molecule has 0 unspecified atom stereocenters. The van der Waals surface area contributed by atoms with E-state index in [1.807, 2.05) is 38.1 Å². The van der Waals surface area contributed by atoms with Gasteiger partial charge in [-0.1, -0.05) is 23.8 Å². The molecule has 0 aliphatic carbocycles. The Morgan fingerprint density at radius 1 is 1.11 bits per heavy atom. The first kappa shape index (κ1) is 13.0. The van der Waals surface area contributed by atoms with E-state index in [4.69, 9.17) is 5.26 Å². The average molecular weight is 252 g/mol. The first-order valence-corrected chi connectivity index (χ1v) is 6.05. The number of anilines is 1. The highest BCUT2D eigenvalue weighted by Gasteiger charge is 2.10. The van der Waals surface area contributed by atoms with E-state index >= 15 is 0 Å². The maximum Gasteiger partial charge on any atom is 0.163 e. The SMILES string of the molecule is Cc1ccc(-c2nc(C#N)cc(N(C)C)n2)c(C)c1. The summed E-state index contributed by atoms with van der Waals surface area (Å²) in [6, 6.07) is 9.89. The predicted molar refractivity (Wildman–Crippen MR) is 76.0 cm³/mol. The summed E-state index contributed by atoms with van der Waals surface area (Å²) in [7, 11) is 3.80. The summed E-state index contributed by atoms with van der Waals surface area (Å²) < 4.78 is 0. The van der Waals surface area contributed by atoms with Crippen molar-refractivity contribution >= 4 is 5.82 Å². The fourth-order valence-electron chi connectivity index (χ4n) is 1.91. The molecule has 2 rings (SSSR count). The standard InChI is InChI=1S/C15H16N4/c1-10-5-6-13(11(2)7-10)15-17-12(9-16)8-14(18-15)19(3)4/h5-8H,1-4H3. The van der Waals surface area contributed by atoms with Gasteiger partial charge in [-0.25, -0.2) is 9.97 Å². The van der Waals surface area contributed by atoms with Gasteiger partial charge in [0.15, 0.2) is 5.82 Å². The molecular weight excluding hydrogens is 236 g/mol. The first-order chi connectivity index (χ1) is 9.01. The van der Waals surface area contributed by atoms with Crippen molar-refractivity contribution in [2.24, 2.45) is 0 Å². The molecule has 96 valence electrons. The Morgan fingerprint density at radius 3 is 2.42 bits per heavy atom. The van der Waals surface area contributed by atoms with Crippen LogP contribution >= 0.6 is 0 Å². The zero-order valence-corrected chi connectivity index (χ0v) is 11.6. The number of aromatic nitrogens is 2. The van der Waals surface area contributed by atoms with E-state index in [9.17, 15) is 0 Å². The Morgan fingerprint density at radius 2 is 1.84 bits per heavy atom. The van der Waals surface area contributed by atoms with Gasteiger partial charge < -0.3 is 4.90 Å². The van der Waals surface area contributed by atoms with Crippen molar-refractivity contribution in [3.63, 3.8) is 0 Å². The number of benzene rings is 1. The van der Waals surface area contributed by atoms with Crippen LogP contribution in [0, 0.1) is 25.2 Å². The van der Waals surface area contributed by atoms with Crippen LogP contribution in [0.1, 0.15) is 16.8 Å². The van der Waals surface area contributed by atoms with Crippen LogP contribution in [0.2, 0.25) is 0 Å². The van der Waals surface area contributed by atoms with Crippen molar-refractivity contribution in [1.29, 1.82) is 5.26 Å². The van der Waals surface area contributed by atoms with Crippen LogP contribution in [0.5, 0.6) is 0 Å². The molecule has 0 aliphatic heterocycles. The molecule has 4 heteroatoms. The Labute approximate surface area is 113 Å². The van der Waals surface area contributed by atoms with Crippen molar-refractivity contribution in [3.8, 4) is 17.5 Å². The average Bonchev–Trinajstić information content (AvgIpc) is 2.38. The zero-order valence-electron chi connectivity index (χ0n) is 11.6. The molecule has 1 aromatic heterocycles. The lowest BCUT2D eigenvalue weighted by Gasteiger charge is -2.13. The molecule has 19 heavy (non-hydrogen) atoms. The molecule has 0 spiro atoms. The van der Waals surface area contributed by atoms with Crippen LogP contribution in [0.4, 0.5) is 5.82 Å². The van der Waals surface area contributed by atoms with Crippen LogP contribution in [0.3, 0.4) is 0 Å². The molecular formula is C15H16N4. The van der Waals surface area contributed by atoms with Crippen molar-refractivity contribution in [3.05, 3.63) is 41.1 Å². The quantitative estimate of drug-likeness (QED) is 0.824. The number of nitriles is 1. The van der Waals surface area contributed by atoms with Crippen LogP contribution in [0.25, 0.3) is 11.4 Å². The molecule has 0 amide bonds. The smallest absolute Gasteiger partial charge is 0.163 e. The lowest BCUT2D eigenvalue weighted by molar-refractivity contribution is 1.03. The molecule has 0 atom stereocenters. The van der Waals surface area contributed by atoms with E-state index in [-0.39, 0.29) is 0 Å². The molecule has 0 N–H and O–H groups in total. The van der Waals surface area contributed by atoms with Crippen LogP contribution in [-0.4, -0.2) is 24.1 Å². The van der Waals surface area contributed by atoms with Gasteiger partial charge in [-0.3, -0.25) is 0 Å². The highest BCUT2D eigenvalue weighted by Crippen LogP contribution is 2.23. The minimum absolute atomic E-state index is 0.383. The highest BCUT2D eigenvalue weighted by molar-refractivity contribution is 5.63. The number of nitrogens with zero attached hydrogens (tertiary/aromatic N) is 4. The maximum atomic E-state index is 9.07. The fourth-order valence-corrected chi connectivity index (χ4v) is 1.91. The van der Waals surface area contributed by atoms with E-state index in [1.54, 1.807) is 6.07 Å². The Hall–Kier alpha value is -2.41. The van der Waals surface area contributed by atoms with E-state index < -0.39 is 0 Å². The molecule has 0 fully saturated rings. The highest BCUT2D eigenvalue weighted by atomic mass is 15.1. The topological polar surface area (TPSA) is 52.8 Å². The number of rotatable bonds is 2. The normalized spacial score (nSPS) is 10.1. The minimum Gasteiger partial charge on any atom is -0.363 e. The van der Waals surface area contributed by atoms with Gasteiger partial charge in [-0.15, -0.1) is 0 Å². The van der Waals surface area contributed by atoms with E-state index in [1.165, 1.54) is 5.56 Å². The predicted octanol–water partition coefficient (Wildman–Crippen LogP) is 2.70. The summed E-state index contributed by atoms with van der Waals surface area (Å²) in [6.07, 6.45) is 0. The lowest BCUT2D eigenvalue weighted by Crippen LogP contribution is -2.12. The van der Waals surface area contributed by atoms with Gasteiger partial charge >= 0.3 is 0 Å². The molecule has 2 aromatic rings. The summed E-state index contributed by atoms with van der Waals surface area (Å²) >= 11 is 0. The molecule has 0 aliphatic rings. The fraction of sp³-hybridized carbons (Fsp3) is 0.267. The van der Waals surface area contributed by atoms with Gasteiger partial charge in [0, 0.05) is 25.7 Å². The Bertz CT molecular complexity index is 654. The second-order valence-electron chi connectivity index (χ2n) is 4.76. The van der Waals surface area contributed by atoms with Gasteiger partial charge in [0.05, 0.1) is 0 Å². The van der Waals surface area contributed by atoms with Crippen molar-refractivity contribution in [2.75, 3.05) is 19.0 Å². The van der Waals surface area contributed by atoms with Gasteiger partial charge in [-0.2, -0.15) is 5.26 Å². The van der Waals surface area contributed by atoms with Gasteiger partial charge in [-0.05, 0) is 19.4 Å². The van der Waals surface area contributed by atoms with Crippen LogP contribution < -0.4 is 4.90 Å². The monoisotopic (exact) mass is 252 g/mol. The molecule has 4 nitrogen and oxygen atoms in total. The van der Waals surface area contributed by atoms with Crippen molar-refractivity contribution in [1.82, 2.24) is 9.97 Å². The molecule has 0 bridgehead atoms. The second kappa shape index (κ2) is 5.07. The molecule has 1 aromatic carbocycles. The summed E-state index contributed by atoms with van der Waals surface area (Å²) in [5.41, 5.74) is 3.66. The number of aryl methyl sites for hydroxylation is 2. The Kier molecular flexibility index (Phi) is 3.48. The third kappa shape index (κ3) is 2.71. The lowest BCUT2D eigenvalue weighted by atomic mass is 10.1. The van der Waals surface area contributed by atoms with E-state index in [0.29, 0.717) is 11.5 Å². The molecule has 0 radical (unpaired) electrons. The largest absolute Gasteiger partial charge is 0.363 e. The van der Waals surface area contributed by atoms with Gasteiger partial charge in [0.2, 0.25) is 0 Å². The zero-order chi connectivity index (χ0) is 14.0. The third-order valence-corrected chi connectivity index (χ3v) is 2.91. The Balaban J connectivity index is 2.61. The third-order valence-electron chi connectivity index (χ3n) is 2.91. The summed E-state index contributed by atoms with van der Waals surface area (Å²) in [6.45, 7) is 4.08. The number of hydrogen-bond donors (Lipinski definition) is 0. The van der Waals surface area contributed by atoms with Crippen molar-refractivity contribution in [2.45, 2.75) is 13.8 Å². The van der Waals surface area contributed by atoms with Crippen LogP contribution in [0.15, 0.2) is 24.3 Å². The van der Waals surface area contributed by atoms with E-state index in [2.05, 4.69) is 29.0 Å². The summed E-state index contributed by atoms with van der Waals surface area (Å²) in [5.74, 6) is 1.33. The first-order valence-electron chi connectivity index (χ1n) is 6.05. The molecule has 0 saturated carbocycles.